The van der Waals surface area contributed by atoms with E-state index in [1.165, 1.54) is 12.8 Å². The standard InChI is InChI=1S/C22H23N3O2/c1-15-20(13-17-5-4-12-23-21(17)25-15)22(26)24-14-16-8-10-19(11-9-16)27-18-6-2-3-7-18/h4-5,8-13,18H,2-3,6-7,14H2,1H3,(H,24,26). The molecule has 1 fully saturated rings. The number of hydrogen-bond acceptors (Lipinski definition) is 4. The van der Waals surface area contributed by atoms with E-state index in [9.17, 15) is 4.79 Å². The van der Waals surface area contributed by atoms with E-state index < -0.39 is 0 Å². The zero-order valence-electron chi connectivity index (χ0n) is 15.4. The summed E-state index contributed by atoms with van der Waals surface area (Å²) in [6.45, 7) is 2.30. The number of fused-ring (bicyclic) bond motifs is 1. The van der Waals surface area contributed by atoms with Crippen LogP contribution in [0.15, 0.2) is 48.7 Å². The van der Waals surface area contributed by atoms with Crippen molar-refractivity contribution in [1.82, 2.24) is 15.3 Å². The summed E-state index contributed by atoms with van der Waals surface area (Å²) >= 11 is 0. The molecule has 2 aromatic heterocycles. The highest BCUT2D eigenvalue weighted by molar-refractivity contribution is 5.98. The minimum absolute atomic E-state index is 0.128. The fraction of sp³-hybridized carbons (Fsp3) is 0.318. The number of nitrogens with zero attached hydrogens (tertiary/aromatic N) is 2. The highest BCUT2D eigenvalue weighted by Gasteiger charge is 2.16. The van der Waals surface area contributed by atoms with Crippen molar-refractivity contribution in [3.05, 3.63) is 65.5 Å². The lowest BCUT2D eigenvalue weighted by molar-refractivity contribution is 0.0950. The lowest BCUT2D eigenvalue weighted by Gasteiger charge is -2.13. The van der Waals surface area contributed by atoms with Crippen molar-refractivity contribution in [2.75, 3.05) is 0 Å². The van der Waals surface area contributed by atoms with Crippen molar-refractivity contribution in [2.24, 2.45) is 0 Å². The van der Waals surface area contributed by atoms with Crippen molar-refractivity contribution < 1.29 is 9.53 Å². The van der Waals surface area contributed by atoms with Crippen molar-refractivity contribution in [3.8, 4) is 5.75 Å². The van der Waals surface area contributed by atoms with Crippen LogP contribution in [-0.2, 0) is 6.54 Å². The third-order valence-corrected chi connectivity index (χ3v) is 5.01. The van der Waals surface area contributed by atoms with Crippen LogP contribution in [0.5, 0.6) is 5.75 Å². The Hall–Kier alpha value is -2.95. The molecule has 0 bridgehead atoms. The lowest BCUT2D eigenvalue weighted by Crippen LogP contribution is -2.24. The Morgan fingerprint density at radius 2 is 1.96 bits per heavy atom. The number of hydrogen-bond donors (Lipinski definition) is 1. The molecule has 5 heteroatoms. The number of ether oxygens (including phenoxy) is 1. The van der Waals surface area contributed by atoms with Gasteiger partial charge in [-0.2, -0.15) is 0 Å². The second kappa shape index (κ2) is 7.74. The molecule has 2 heterocycles. The van der Waals surface area contributed by atoms with Gasteiger partial charge in [-0.25, -0.2) is 9.97 Å². The topological polar surface area (TPSA) is 64.1 Å². The maximum Gasteiger partial charge on any atom is 0.253 e. The summed E-state index contributed by atoms with van der Waals surface area (Å²) in [6, 6.07) is 13.6. The Labute approximate surface area is 158 Å². The molecule has 4 rings (SSSR count). The minimum Gasteiger partial charge on any atom is -0.490 e. The van der Waals surface area contributed by atoms with E-state index >= 15 is 0 Å². The summed E-state index contributed by atoms with van der Waals surface area (Å²) in [5, 5.41) is 3.84. The molecule has 5 nitrogen and oxygen atoms in total. The maximum absolute atomic E-state index is 12.6. The molecule has 27 heavy (non-hydrogen) atoms. The maximum atomic E-state index is 12.6. The summed E-state index contributed by atoms with van der Waals surface area (Å²) in [6.07, 6.45) is 6.86. The van der Waals surface area contributed by atoms with Gasteiger partial charge >= 0.3 is 0 Å². The Balaban J connectivity index is 1.39. The molecule has 1 aliphatic rings. The first-order valence-corrected chi connectivity index (χ1v) is 9.45. The molecule has 0 unspecified atom stereocenters. The molecular formula is C22H23N3O2. The fourth-order valence-corrected chi connectivity index (χ4v) is 3.49. The van der Waals surface area contributed by atoms with Crippen LogP contribution in [0.1, 0.15) is 47.3 Å². The summed E-state index contributed by atoms with van der Waals surface area (Å²) in [5.41, 5.74) is 2.95. The minimum atomic E-state index is -0.128. The van der Waals surface area contributed by atoms with Crippen molar-refractivity contribution in [2.45, 2.75) is 45.3 Å². The SMILES string of the molecule is Cc1nc2ncccc2cc1C(=O)NCc1ccc(OC2CCCC2)cc1. The fourth-order valence-electron chi connectivity index (χ4n) is 3.49. The van der Waals surface area contributed by atoms with E-state index in [1.807, 2.05) is 49.4 Å². The molecular weight excluding hydrogens is 338 g/mol. The van der Waals surface area contributed by atoms with Crippen molar-refractivity contribution in [1.29, 1.82) is 0 Å². The largest absolute Gasteiger partial charge is 0.490 e. The average Bonchev–Trinajstić information content (AvgIpc) is 3.19. The van der Waals surface area contributed by atoms with Gasteiger partial charge in [-0.05, 0) is 68.5 Å². The van der Waals surface area contributed by atoms with Gasteiger partial charge in [0.1, 0.15) is 5.75 Å². The van der Waals surface area contributed by atoms with Crippen LogP contribution in [0.25, 0.3) is 11.0 Å². The first-order chi connectivity index (χ1) is 13.2. The van der Waals surface area contributed by atoms with Gasteiger partial charge in [0.05, 0.1) is 17.4 Å². The van der Waals surface area contributed by atoms with E-state index in [2.05, 4.69) is 15.3 Å². The first-order valence-electron chi connectivity index (χ1n) is 9.45. The van der Waals surface area contributed by atoms with Crippen LogP contribution < -0.4 is 10.1 Å². The number of nitrogens with one attached hydrogen (secondary N) is 1. The predicted molar refractivity (Wildman–Crippen MR) is 105 cm³/mol. The third-order valence-electron chi connectivity index (χ3n) is 5.01. The molecule has 1 N–H and O–H groups in total. The number of carbonyl (C=O) groups excluding carboxylic acids is 1. The van der Waals surface area contributed by atoms with Crippen LogP contribution in [0.3, 0.4) is 0 Å². The van der Waals surface area contributed by atoms with Crippen LogP contribution in [0.2, 0.25) is 0 Å². The van der Waals surface area contributed by atoms with E-state index in [0.29, 0.717) is 29.6 Å². The number of carbonyl (C=O) groups is 1. The smallest absolute Gasteiger partial charge is 0.253 e. The number of aryl methyl sites for hydroxylation is 1. The Kier molecular flexibility index (Phi) is 5.01. The van der Waals surface area contributed by atoms with Gasteiger partial charge in [-0.3, -0.25) is 4.79 Å². The highest BCUT2D eigenvalue weighted by Crippen LogP contribution is 2.24. The van der Waals surface area contributed by atoms with E-state index in [-0.39, 0.29) is 5.91 Å². The molecule has 1 amide bonds. The van der Waals surface area contributed by atoms with Gasteiger partial charge in [0.15, 0.2) is 5.65 Å². The van der Waals surface area contributed by atoms with Crippen LogP contribution in [0.4, 0.5) is 0 Å². The Bertz CT molecular complexity index is 947. The number of aromatic nitrogens is 2. The van der Waals surface area contributed by atoms with Gasteiger partial charge in [-0.15, -0.1) is 0 Å². The summed E-state index contributed by atoms with van der Waals surface area (Å²) < 4.78 is 5.98. The molecule has 0 spiro atoms. The predicted octanol–water partition coefficient (Wildman–Crippen LogP) is 4.19. The number of benzene rings is 1. The Morgan fingerprint density at radius 1 is 1.19 bits per heavy atom. The van der Waals surface area contributed by atoms with Gasteiger partial charge in [0.25, 0.3) is 5.91 Å². The monoisotopic (exact) mass is 361 g/mol. The quantitative estimate of drug-likeness (QED) is 0.740. The van der Waals surface area contributed by atoms with E-state index in [1.54, 1.807) is 6.20 Å². The second-order valence-corrected chi connectivity index (χ2v) is 7.02. The van der Waals surface area contributed by atoms with Crippen molar-refractivity contribution >= 4 is 16.9 Å². The highest BCUT2D eigenvalue weighted by atomic mass is 16.5. The Morgan fingerprint density at radius 3 is 2.74 bits per heavy atom. The molecule has 138 valence electrons. The van der Waals surface area contributed by atoms with Gasteiger partial charge in [0, 0.05) is 18.1 Å². The van der Waals surface area contributed by atoms with Gasteiger partial charge in [-0.1, -0.05) is 12.1 Å². The summed E-state index contributed by atoms with van der Waals surface area (Å²) in [7, 11) is 0. The third kappa shape index (κ3) is 4.08. The van der Waals surface area contributed by atoms with Gasteiger partial charge < -0.3 is 10.1 Å². The zero-order valence-corrected chi connectivity index (χ0v) is 15.4. The van der Waals surface area contributed by atoms with Gasteiger partial charge in [0.2, 0.25) is 0 Å². The first kappa shape index (κ1) is 17.5. The van der Waals surface area contributed by atoms with Crippen LogP contribution in [0, 0.1) is 6.92 Å². The second-order valence-electron chi connectivity index (χ2n) is 7.02. The molecule has 0 atom stereocenters. The number of pyridine rings is 2. The molecule has 1 aromatic carbocycles. The van der Waals surface area contributed by atoms with Crippen LogP contribution in [-0.4, -0.2) is 22.0 Å². The van der Waals surface area contributed by atoms with Crippen molar-refractivity contribution in [3.63, 3.8) is 0 Å². The summed E-state index contributed by atoms with van der Waals surface area (Å²) in [4.78, 5) is 21.2. The molecule has 3 aromatic rings. The van der Waals surface area contributed by atoms with E-state index in [4.69, 9.17) is 4.74 Å². The lowest BCUT2D eigenvalue weighted by atomic mass is 10.1. The molecule has 0 radical (unpaired) electrons. The molecule has 0 aliphatic heterocycles. The average molecular weight is 361 g/mol. The number of amides is 1. The molecule has 1 aliphatic carbocycles. The van der Waals surface area contributed by atoms with Crippen LogP contribution >= 0.6 is 0 Å². The molecule has 1 saturated carbocycles. The van der Waals surface area contributed by atoms with E-state index in [0.717, 1.165) is 29.5 Å². The summed E-state index contributed by atoms with van der Waals surface area (Å²) in [5.74, 6) is 0.774. The normalized spacial score (nSPS) is 14.4. The number of rotatable bonds is 5. The molecule has 0 saturated heterocycles. The zero-order chi connectivity index (χ0) is 18.6.